The van der Waals surface area contributed by atoms with Gasteiger partial charge in [0.05, 0.1) is 6.54 Å². The fourth-order valence-electron chi connectivity index (χ4n) is 3.06. The number of hydrogen-bond donors (Lipinski definition) is 2. The summed E-state index contributed by atoms with van der Waals surface area (Å²) in [6, 6.07) is 14.4. The minimum Gasteiger partial charge on any atom is -0.347 e. The van der Waals surface area contributed by atoms with Crippen molar-refractivity contribution in [2.24, 2.45) is 0 Å². The molecule has 1 aliphatic rings. The van der Waals surface area contributed by atoms with E-state index in [1.165, 1.54) is 11.3 Å². The zero-order chi connectivity index (χ0) is 18.9. The van der Waals surface area contributed by atoms with Crippen molar-refractivity contribution in [1.82, 2.24) is 19.8 Å². The Balaban J connectivity index is 1.36. The van der Waals surface area contributed by atoms with Crippen molar-refractivity contribution < 1.29 is 13.2 Å². The number of fused-ring (bicyclic) bond motifs is 1. The second-order valence-corrected chi connectivity index (χ2v) is 9.21. The van der Waals surface area contributed by atoms with Gasteiger partial charge in [0.2, 0.25) is 10.0 Å². The first kappa shape index (κ1) is 17.9. The summed E-state index contributed by atoms with van der Waals surface area (Å²) in [5.74, 6) is -0.239. The minimum atomic E-state index is -3.51. The Kier molecular flexibility index (Phi) is 4.81. The molecule has 0 radical (unpaired) electrons. The van der Waals surface area contributed by atoms with Crippen molar-refractivity contribution in [1.29, 1.82) is 0 Å². The Morgan fingerprint density at radius 1 is 1.22 bits per heavy atom. The van der Waals surface area contributed by atoms with Gasteiger partial charge < -0.3 is 5.32 Å². The van der Waals surface area contributed by atoms with E-state index >= 15 is 0 Å². The summed E-state index contributed by atoms with van der Waals surface area (Å²) in [6.45, 7) is 0.844. The Bertz CT molecular complexity index is 1020. The molecular weight excluding hydrogens is 384 g/mol. The third-order valence-corrected chi connectivity index (χ3v) is 7.24. The number of rotatable bonds is 6. The largest absolute Gasteiger partial charge is 0.347 e. The summed E-state index contributed by atoms with van der Waals surface area (Å²) in [5.41, 5.74) is 2.21. The lowest BCUT2D eigenvalue weighted by molar-refractivity contribution is 0.0945. The highest BCUT2D eigenvalue weighted by Gasteiger charge is 2.29. The minimum absolute atomic E-state index is 0.239. The monoisotopic (exact) mass is 402 g/mol. The van der Waals surface area contributed by atoms with Gasteiger partial charge in [-0.15, -0.1) is 11.3 Å². The van der Waals surface area contributed by atoms with Crippen LogP contribution in [0.4, 0.5) is 0 Å². The maximum absolute atomic E-state index is 12.3. The summed E-state index contributed by atoms with van der Waals surface area (Å²) in [6.07, 6.45) is 0.504. The van der Waals surface area contributed by atoms with Crippen LogP contribution < -0.4 is 10.0 Å². The van der Waals surface area contributed by atoms with Gasteiger partial charge in [-0.2, -0.15) is 5.10 Å². The standard InChI is InChI=1S/C18H18N4O3S2/c23-18(19-11-13-5-2-1-3-6-13)16-10-15-9-14(12-22(15)20-16)21-27(24,25)17-7-4-8-26-17/h1-8,10,14,21H,9,11-12H2,(H,19,23)/t14-/m0/s1. The molecule has 1 atom stereocenters. The molecule has 0 unspecified atom stereocenters. The maximum atomic E-state index is 12.3. The first-order valence-corrected chi connectivity index (χ1v) is 10.8. The number of carbonyl (C=O) groups is 1. The fourth-order valence-corrected chi connectivity index (χ4v) is 5.29. The molecule has 1 aromatic carbocycles. The highest BCUT2D eigenvalue weighted by molar-refractivity contribution is 7.91. The Morgan fingerprint density at radius 3 is 2.74 bits per heavy atom. The number of amides is 1. The summed E-state index contributed by atoms with van der Waals surface area (Å²) in [5, 5.41) is 8.90. The van der Waals surface area contributed by atoms with E-state index < -0.39 is 10.0 Å². The topological polar surface area (TPSA) is 93.1 Å². The highest BCUT2D eigenvalue weighted by atomic mass is 32.2. The molecule has 2 aromatic heterocycles. The molecule has 1 aliphatic heterocycles. The van der Waals surface area contributed by atoms with Gasteiger partial charge in [0.1, 0.15) is 9.90 Å². The fraction of sp³-hybridized carbons (Fsp3) is 0.222. The van der Waals surface area contributed by atoms with E-state index in [-0.39, 0.29) is 11.9 Å². The van der Waals surface area contributed by atoms with Crippen LogP contribution in [-0.2, 0) is 29.5 Å². The van der Waals surface area contributed by atoms with Crippen LogP contribution in [0.5, 0.6) is 0 Å². The molecule has 0 aliphatic carbocycles. The Hall–Kier alpha value is -2.49. The van der Waals surface area contributed by atoms with Crippen LogP contribution in [0, 0.1) is 0 Å². The molecule has 0 saturated carbocycles. The van der Waals surface area contributed by atoms with Gasteiger partial charge in [-0.05, 0) is 23.1 Å². The van der Waals surface area contributed by atoms with Crippen molar-refractivity contribution in [2.75, 3.05) is 0 Å². The summed E-state index contributed by atoms with van der Waals surface area (Å²) < 4.78 is 29.3. The lowest BCUT2D eigenvalue weighted by Gasteiger charge is -2.11. The van der Waals surface area contributed by atoms with Gasteiger partial charge in [-0.1, -0.05) is 36.4 Å². The first-order chi connectivity index (χ1) is 13.0. The van der Waals surface area contributed by atoms with Crippen LogP contribution in [-0.4, -0.2) is 30.1 Å². The van der Waals surface area contributed by atoms with E-state index in [0.29, 0.717) is 29.4 Å². The van der Waals surface area contributed by atoms with Crippen molar-refractivity contribution in [2.45, 2.75) is 29.8 Å². The van der Waals surface area contributed by atoms with Gasteiger partial charge in [-0.3, -0.25) is 9.48 Å². The van der Waals surface area contributed by atoms with Gasteiger partial charge in [0.15, 0.2) is 0 Å². The molecule has 9 heteroatoms. The lowest BCUT2D eigenvalue weighted by atomic mass is 10.2. The molecule has 4 rings (SSSR count). The average molecular weight is 403 g/mol. The number of aromatic nitrogens is 2. The Labute approximate surface area is 161 Å². The lowest BCUT2D eigenvalue weighted by Crippen LogP contribution is -2.35. The number of nitrogens with zero attached hydrogens (tertiary/aromatic N) is 2. The molecule has 0 spiro atoms. The van der Waals surface area contributed by atoms with Crippen molar-refractivity contribution in [3.63, 3.8) is 0 Å². The van der Waals surface area contributed by atoms with Crippen LogP contribution >= 0.6 is 11.3 Å². The zero-order valence-corrected chi connectivity index (χ0v) is 16.0. The third-order valence-electron chi connectivity index (χ3n) is 4.32. The summed E-state index contributed by atoms with van der Waals surface area (Å²) in [7, 11) is -3.51. The zero-order valence-electron chi connectivity index (χ0n) is 14.3. The SMILES string of the molecule is O=C(NCc1ccccc1)c1cc2n(n1)C[C@@H](NS(=O)(=O)c1cccs1)C2. The van der Waals surface area contributed by atoms with E-state index in [0.717, 1.165) is 11.3 Å². The highest BCUT2D eigenvalue weighted by Crippen LogP contribution is 2.20. The quantitative estimate of drug-likeness (QED) is 0.657. The molecular formula is C18H18N4O3S2. The first-order valence-electron chi connectivity index (χ1n) is 8.46. The van der Waals surface area contributed by atoms with E-state index in [2.05, 4.69) is 15.1 Å². The number of nitrogens with one attached hydrogen (secondary N) is 2. The molecule has 2 N–H and O–H groups in total. The van der Waals surface area contributed by atoms with Gasteiger partial charge in [0, 0.05) is 24.7 Å². The van der Waals surface area contributed by atoms with Crippen LogP contribution in [0.15, 0.2) is 58.1 Å². The predicted octanol–water partition coefficient (Wildman–Crippen LogP) is 1.78. The number of benzene rings is 1. The van der Waals surface area contributed by atoms with E-state index in [1.807, 2.05) is 30.3 Å². The molecule has 3 aromatic rings. The summed E-state index contributed by atoms with van der Waals surface area (Å²) in [4.78, 5) is 12.3. The second-order valence-electron chi connectivity index (χ2n) is 6.33. The van der Waals surface area contributed by atoms with E-state index in [4.69, 9.17) is 0 Å². The van der Waals surface area contributed by atoms with Crippen LogP contribution in [0.1, 0.15) is 21.7 Å². The maximum Gasteiger partial charge on any atom is 0.272 e. The molecule has 140 valence electrons. The molecule has 27 heavy (non-hydrogen) atoms. The third kappa shape index (κ3) is 3.95. The number of sulfonamides is 1. The molecule has 0 bridgehead atoms. The van der Waals surface area contributed by atoms with Crippen molar-refractivity contribution in [3.8, 4) is 0 Å². The molecule has 0 fully saturated rings. The van der Waals surface area contributed by atoms with Crippen molar-refractivity contribution >= 4 is 27.3 Å². The molecule has 1 amide bonds. The number of carbonyl (C=O) groups excluding carboxylic acids is 1. The van der Waals surface area contributed by atoms with Crippen molar-refractivity contribution in [3.05, 3.63) is 70.9 Å². The van der Waals surface area contributed by atoms with E-state index in [9.17, 15) is 13.2 Å². The number of thiophene rings is 1. The summed E-state index contributed by atoms with van der Waals surface area (Å²) >= 11 is 1.18. The van der Waals surface area contributed by atoms with Crippen LogP contribution in [0.25, 0.3) is 0 Å². The van der Waals surface area contributed by atoms with Crippen LogP contribution in [0.2, 0.25) is 0 Å². The smallest absolute Gasteiger partial charge is 0.272 e. The van der Waals surface area contributed by atoms with Gasteiger partial charge in [0.25, 0.3) is 5.91 Å². The normalized spacial score (nSPS) is 16.2. The average Bonchev–Trinajstić information content (AvgIpc) is 3.36. The number of hydrogen-bond acceptors (Lipinski definition) is 5. The van der Waals surface area contributed by atoms with Gasteiger partial charge >= 0.3 is 0 Å². The van der Waals surface area contributed by atoms with E-state index in [1.54, 1.807) is 28.3 Å². The molecule has 0 saturated heterocycles. The van der Waals surface area contributed by atoms with Gasteiger partial charge in [-0.25, -0.2) is 13.1 Å². The van der Waals surface area contributed by atoms with Crippen LogP contribution in [0.3, 0.4) is 0 Å². The Morgan fingerprint density at radius 2 is 2.04 bits per heavy atom. The molecule has 3 heterocycles. The molecule has 7 nitrogen and oxygen atoms in total. The predicted molar refractivity (Wildman–Crippen MR) is 102 cm³/mol. The second kappa shape index (κ2) is 7.26.